The van der Waals surface area contributed by atoms with Gasteiger partial charge in [0.2, 0.25) is 0 Å². The molecule has 27 heavy (non-hydrogen) atoms. The molecule has 0 radical (unpaired) electrons. The Morgan fingerprint density at radius 1 is 1.07 bits per heavy atom. The minimum absolute atomic E-state index is 0.179. The van der Waals surface area contributed by atoms with Crippen molar-refractivity contribution in [3.63, 3.8) is 0 Å². The van der Waals surface area contributed by atoms with E-state index in [4.69, 9.17) is 11.6 Å². The Morgan fingerprint density at radius 2 is 1.78 bits per heavy atom. The fraction of sp³-hybridized carbons (Fsp3) is 0.333. The van der Waals surface area contributed by atoms with Crippen LogP contribution in [0, 0.1) is 0 Å². The number of aryl methyl sites for hydroxylation is 1. The molecule has 2 aromatic carbocycles. The van der Waals surface area contributed by atoms with E-state index < -0.39 is 5.54 Å². The molecule has 0 aliphatic carbocycles. The molecule has 1 aliphatic heterocycles. The third-order valence-corrected chi connectivity index (χ3v) is 5.06. The summed E-state index contributed by atoms with van der Waals surface area (Å²) in [6, 6.07) is 17.2. The summed E-state index contributed by atoms with van der Waals surface area (Å²) in [6.07, 6.45) is 1.30. The Hall–Kier alpha value is -2.37. The quantitative estimate of drug-likeness (QED) is 0.740. The molecule has 1 N–H and O–H groups in total. The van der Waals surface area contributed by atoms with E-state index >= 15 is 0 Å². The maximum Gasteiger partial charge on any atom is 0.326 e. The van der Waals surface area contributed by atoms with Crippen LogP contribution < -0.4 is 5.32 Å². The van der Waals surface area contributed by atoms with E-state index in [0.717, 1.165) is 17.5 Å². The molecule has 1 saturated heterocycles. The molecule has 5 nitrogen and oxygen atoms in total. The molecule has 0 spiro atoms. The lowest BCUT2D eigenvalue weighted by atomic mass is 9.93. The van der Waals surface area contributed by atoms with Crippen molar-refractivity contribution in [2.24, 2.45) is 0 Å². The molecule has 0 bridgehead atoms. The number of imide groups is 1. The van der Waals surface area contributed by atoms with Crippen LogP contribution in [-0.4, -0.2) is 41.0 Å². The first-order valence-electron chi connectivity index (χ1n) is 8.98. The summed E-state index contributed by atoms with van der Waals surface area (Å²) in [6.45, 7) is 2.63. The number of hydrogen-bond donors (Lipinski definition) is 1. The first-order valence-corrected chi connectivity index (χ1v) is 9.36. The van der Waals surface area contributed by atoms with Crippen LogP contribution in [0.15, 0.2) is 54.6 Å². The predicted octanol–water partition coefficient (Wildman–Crippen LogP) is 3.67. The van der Waals surface area contributed by atoms with Crippen LogP contribution in [0.25, 0.3) is 0 Å². The Balaban J connectivity index is 1.61. The zero-order valence-corrected chi connectivity index (χ0v) is 16.4. The van der Waals surface area contributed by atoms with Crippen molar-refractivity contribution in [3.8, 4) is 0 Å². The molecular weight excluding hydrogens is 362 g/mol. The van der Waals surface area contributed by atoms with Gasteiger partial charge in [0.15, 0.2) is 0 Å². The minimum Gasteiger partial charge on any atom is -0.323 e. The van der Waals surface area contributed by atoms with Gasteiger partial charge in [-0.25, -0.2) is 9.69 Å². The van der Waals surface area contributed by atoms with Crippen LogP contribution in [0.5, 0.6) is 0 Å². The van der Waals surface area contributed by atoms with Crippen molar-refractivity contribution in [3.05, 3.63) is 70.7 Å². The lowest BCUT2D eigenvalue weighted by Gasteiger charge is -2.24. The number of amides is 3. The van der Waals surface area contributed by atoms with Gasteiger partial charge in [0.25, 0.3) is 5.91 Å². The van der Waals surface area contributed by atoms with Crippen LogP contribution in [-0.2, 0) is 17.8 Å². The number of nitrogens with zero attached hydrogens (tertiary/aromatic N) is 2. The van der Waals surface area contributed by atoms with Gasteiger partial charge in [-0.1, -0.05) is 54.1 Å². The van der Waals surface area contributed by atoms with Crippen LogP contribution in [0.2, 0.25) is 5.02 Å². The normalized spacial score (nSPS) is 19.6. The average molecular weight is 386 g/mol. The topological polar surface area (TPSA) is 52.6 Å². The summed E-state index contributed by atoms with van der Waals surface area (Å²) < 4.78 is 0. The van der Waals surface area contributed by atoms with Crippen molar-refractivity contribution in [1.29, 1.82) is 0 Å². The predicted molar refractivity (Wildman–Crippen MR) is 106 cm³/mol. The fourth-order valence-electron chi connectivity index (χ4n) is 3.32. The lowest BCUT2D eigenvalue weighted by Crippen LogP contribution is -2.45. The molecule has 0 aromatic heterocycles. The van der Waals surface area contributed by atoms with Crippen molar-refractivity contribution >= 4 is 23.5 Å². The zero-order chi connectivity index (χ0) is 19.4. The van der Waals surface area contributed by atoms with E-state index in [0.29, 0.717) is 18.0 Å². The van der Waals surface area contributed by atoms with Gasteiger partial charge < -0.3 is 5.32 Å². The van der Waals surface area contributed by atoms with Gasteiger partial charge in [-0.15, -0.1) is 0 Å². The summed E-state index contributed by atoms with van der Waals surface area (Å²) in [4.78, 5) is 28.5. The van der Waals surface area contributed by atoms with E-state index in [2.05, 4.69) is 5.32 Å². The molecule has 2 aromatic rings. The van der Waals surface area contributed by atoms with Crippen LogP contribution in [0.1, 0.15) is 24.5 Å². The number of benzene rings is 2. The lowest BCUT2D eigenvalue weighted by molar-refractivity contribution is -0.132. The van der Waals surface area contributed by atoms with Crippen LogP contribution in [0.3, 0.4) is 0 Å². The van der Waals surface area contributed by atoms with Crippen LogP contribution in [0.4, 0.5) is 4.79 Å². The number of carbonyl (C=O) groups is 2. The number of halogens is 1. The van der Waals surface area contributed by atoms with Gasteiger partial charge >= 0.3 is 6.03 Å². The van der Waals surface area contributed by atoms with Crippen molar-refractivity contribution in [2.45, 2.75) is 31.8 Å². The Morgan fingerprint density at radius 3 is 2.48 bits per heavy atom. The largest absolute Gasteiger partial charge is 0.326 e. The van der Waals surface area contributed by atoms with E-state index in [1.54, 1.807) is 6.92 Å². The molecule has 0 saturated carbocycles. The van der Waals surface area contributed by atoms with E-state index in [1.165, 1.54) is 4.90 Å². The molecule has 1 aliphatic rings. The number of carbonyl (C=O) groups excluding carboxylic acids is 2. The zero-order valence-electron chi connectivity index (χ0n) is 15.6. The highest BCUT2D eigenvalue weighted by Crippen LogP contribution is 2.24. The van der Waals surface area contributed by atoms with E-state index in [-0.39, 0.29) is 18.6 Å². The van der Waals surface area contributed by atoms with Crippen molar-refractivity contribution in [1.82, 2.24) is 15.1 Å². The van der Waals surface area contributed by atoms with E-state index in [9.17, 15) is 9.59 Å². The molecule has 1 fully saturated rings. The molecular formula is C21H24ClN3O2. The molecule has 0 unspecified atom stereocenters. The molecule has 1 atom stereocenters. The average Bonchev–Trinajstić information content (AvgIpc) is 2.84. The minimum atomic E-state index is -0.871. The molecule has 3 amide bonds. The first-order chi connectivity index (χ1) is 12.9. The highest BCUT2D eigenvalue weighted by atomic mass is 35.5. The van der Waals surface area contributed by atoms with Gasteiger partial charge in [-0.05, 0) is 50.1 Å². The maximum absolute atomic E-state index is 12.9. The Bertz CT molecular complexity index is 827. The smallest absolute Gasteiger partial charge is 0.323 e. The van der Waals surface area contributed by atoms with Gasteiger partial charge in [-0.3, -0.25) is 9.69 Å². The monoisotopic (exact) mass is 385 g/mol. The SMILES string of the molecule is CN(Cc1cccc(Cl)c1)CN1C(=O)N[C@](C)(CCc2ccccc2)C1=O. The number of nitrogens with one attached hydrogen (secondary N) is 1. The number of rotatable bonds is 7. The van der Waals surface area contributed by atoms with E-state index in [1.807, 2.05) is 66.5 Å². The third-order valence-electron chi connectivity index (χ3n) is 4.83. The van der Waals surface area contributed by atoms with Gasteiger partial charge in [0.05, 0.1) is 6.67 Å². The standard InChI is InChI=1S/C21H24ClN3O2/c1-21(12-11-16-7-4-3-5-8-16)19(26)25(20(27)23-21)15-24(2)14-17-9-6-10-18(22)13-17/h3-10,13H,11-12,14-15H2,1-2H3,(H,23,27)/t21-/m1/s1. The van der Waals surface area contributed by atoms with Crippen LogP contribution >= 0.6 is 11.6 Å². The summed E-state index contributed by atoms with van der Waals surface area (Å²) in [7, 11) is 1.88. The van der Waals surface area contributed by atoms with Crippen molar-refractivity contribution in [2.75, 3.05) is 13.7 Å². The van der Waals surface area contributed by atoms with Gasteiger partial charge in [0.1, 0.15) is 5.54 Å². The maximum atomic E-state index is 12.9. The summed E-state index contributed by atoms with van der Waals surface area (Å²) >= 11 is 6.02. The molecule has 142 valence electrons. The fourth-order valence-corrected chi connectivity index (χ4v) is 3.54. The molecule has 3 rings (SSSR count). The summed E-state index contributed by atoms with van der Waals surface area (Å²) in [5.74, 6) is -0.179. The first kappa shape index (κ1) is 19.4. The molecule has 6 heteroatoms. The van der Waals surface area contributed by atoms with Gasteiger partial charge in [0, 0.05) is 11.6 Å². The second kappa shape index (κ2) is 8.11. The summed E-state index contributed by atoms with van der Waals surface area (Å²) in [5.41, 5.74) is 1.31. The molecule has 1 heterocycles. The van der Waals surface area contributed by atoms with Crippen molar-refractivity contribution < 1.29 is 9.59 Å². The Labute approximate surface area is 164 Å². The Kier molecular flexibility index (Phi) is 5.82. The van der Waals surface area contributed by atoms with Gasteiger partial charge in [-0.2, -0.15) is 0 Å². The second-order valence-corrected chi connectivity index (χ2v) is 7.70. The number of urea groups is 1. The highest BCUT2D eigenvalue weighted by Gasteiger charge is 2.47. The second-order valence-electron chi connectivity index (χ2n) is 7.27. The highest BCUT2D eigenvalue weighted by molar-refractivity contribution is 6.30. The third kappa shape index (κ3) is 4.67. The summed E-state index contributed by atoms with van der Waals surface area (Å²) in [5, 5.41) is 3.54. The number of hydrogen-bond acceptors (Lipinski definition) is 3.